The monoisotopic (exact) mass is 525 g/mol. The van der Waals surface area contributed by atoms with Gasteiger partial charge in [0.05, 0.1) is 28.2 Å². The molecule has 0 saturated heterocycles. The maximum Gasteiger partial charge on any atom is 0.365 e. The Morgan fingerprint density at radius 2 is 1.52 bits per heavy atom. The molecule has 0 radical (unpaired) electrons. The number of oxime groups is 1. The van der Waals surface area contributed by atoms with E-state index in [1.807, 2.05) is 66.7 Å². The number of carbonyl (C=O) groups is 2. The van der Waals surface area contributed by atoms with E-state index in [-0.39, 0.29) is 11.7 Å². The van der Waals surface area contributed by atoms with Crippen LogP contribution in [-0.4, -0.2) is 22.0 Å². The molecule has 1 aromatic heterocycles. The number of Topliss-reactive ketones (excluding diaryl/α,β-unsaturated/α-hetero) is 1. The minimum Gasteiger partial charge on any atom is -0.312 e. The quantitative estimate of drug-likeness (QED) is 0.0987. The van der Waals surface area contributed by atoms with Crippen molar-refractivity contribution in [3.8, 4) is 11.8 Å². The van der Waals surface area contributed by atoms with Gasteiger partial charge in [-0.05, 0) is 67.4 Å². The zero-order valence-electron chi connectivity index (χ0n) is 21.9. The zero-order chi connectivity index (χ0) is 27.5. The maximum absolute atomic E-state index is 14.0. The van der Waals surface area contributed by atoms with E-state index in [2.05, 4.69) is 15.8 Å². The van der Waals surface area contributed by atoms with Crippen LogP contribution in [0.5, 0.6) is 0 Å². The van der Waals surface area contributed by atoms with E-state index in [9.17, 15) is 14.9 Å². The summed E-state index contributed by atoms with van der Waals surface area (Å²) in [7, 11) is 0. The molecule has 0 spiro atoms. The first kappa shape index (κ1) is 25.3. The average Bonchev–Trinajstić information content (AvgIpc) is 3.35. The Morgan fingerprint density at radius 1 is 0.775 bits per heavy atom. The molecule has 0 aliphatic heterocycles. The molecule has 1 fully saturated rings. The second-order valence-electron chi connectivity index (χ2n) is 10.1. The van der Waals surface area contributed by atoms with Gasteiger partial charge < -0.3 is 9.40 Å². The molecule has 5 aromatic rings. The first-order chi connectivity index (χ1) is 19.6. The molecule has 6 nitrogen and oxygen atoms in total. The predicted octanol–water partition coefficient (Wildman–Crippen LogP) is 7.63. The van der Waals surface area contributed by atoms with Gasteiger partial charge in [0.2, 0.25) is 5.78 Å². The van der Waals surface area contributed by atoms with Crippen LogP contribution in [0.25, 0.3) is 27.5 Å². The highest BCUT2D eigenvalue weighted by atomic mass is 16.7. The molecule has 0 atom stereocenters. The fraction of sp³-hybridized carbons (Fsp3) is 0.176. The lowest BCUT2D eigenvalue weighted by Crippen LogP contribution is -2.27. The van der Waals surface area contributed by atoms with E-state index in [0.717, 1.165) is 59.6 Å². The molecule has 6 heteroatoms. The summed E-state index contributed by atoms with van der Waals surface area (Å²) in [5.41, 5.74) is 4.55. The molecular weight excluding hydrogens is 498 g/mol. The Hall–Kier alpha value is -5.02. The summed E-state index contributed by atoms with van der Waals surface area (Å²) in [4.78, 5) is 31.9. The molecule has 0 N–H and O–H groups in total. The number of para-hydroxylation sites is 1. The lowest BCUT2D eigenvalue weighted by Gasteiger charge is -2.22. The van der Waals surface area contributed by atoms with E-state index >= 15 is 0 Å². The van der Waals surface area contributed by atoms with E-state index in [4.69, 9.17) is 4.84 Å². The van der Waals surface area contributed by atoms with Crippen molar-refractivity contribution in [3.05, 3.63) is 114 Å². The van der Waals surface area contributed by atoms with Crippen LogP contribution in [0.1, 0.15) is 58.4 Å². The smallest absolute Gasteiger partial charge is 0.312 e. The second-order valence-corrected chi connectivity index (χ2v) is 10.1. The Kier molecular flexibility index (Phi) is 6.95. The standard InChI is InChI=1S/C34H27N3O3/c35-22-23-10-9-15-27(20-23)37-30-17-8-7-16-28(30)29-21-26(18-19-31(29)37)33(38)32(24-11-3-1-4-12-24)36-40-34(39)25-13-5-2-6-14-25/h2,5-10,13-21,24H,1,3-4,11-12H2. The van der Waals surface area contributed by atoms with Crippen LogP contribution in [0.2, 0.25) is 0 Å². The van der Waals surface area contributed by atoms with Gasteiger partial charge in [-0.3, -0.25) is 4.79 Å². The summed E-state index contributed by atoms with van der Waals surface area (Å²) in [5, 5.41) is 15.6. The van der Waals surface area contributed by atoms with Crippen molar-refractivity contribution in [2.45, 2.75) is 32.1 Å². The molecule has 0 unspecified atom stereocenters. The molecule has 1 aliphatic rings. The van der Waals surface area contributed by atoms with Crippen LogP contribution in [0.15, 0.2) is 102 Å². The Morgan fingerprint density at radius 3 is 2.33 bits per heavy atom. The van der Waals surface area contributed by atoms with Gasteiger partial charge >= 0.3 is 5.97 Å². The van der Waals surface area contributed by atoms with Gasteiger partial charge in [-0.15, -0.1) is 0 Å². The first-order valence-corrected chi connectivity index (χ1v) is 13.6. The topological polar surface area (TPSA) is 84.4 Å². The second kappa shape index (κ2) is 11.0. The van der Waals surface area contributed by atoms with Gasteiger partial charge in [-0.25, -0.2) is 4.79 Å². The maximum atomic E-state index is 14.0. The molecule has 1 saturated carbocycles. The number of hydrogen-bond donors (Lipinski definition) is 0. The number of benzene rings is 4. The van der Waals surface area contributed by atoms with Crippen molar-refractivity contribution in [1.29, 1.82) is 5.26 Å². The fourth-order valence-corrected chi connectivity index (χ4v) is 5.65. The number of carbonyl (C=O) groups excluding carboxylic acids is 2. The third-order valence-electron chi connectivity index (χ3n) is 7.63. The van der Waals surface area contributed by atoms with Gasteiger partial charge in [-0.2, -0.15) is 5.26 Å². The SMILES string of the molecule is N#Cc1cccc(-n2c3ccccc3c3cc(C(=O)C(=NOC(=O)c4ccccc4)C4CCCCC4)ccc32)c1. The van der Waals surface area contributed by atoms with Gasteiger partial charge in [-0.1, -0.05) is 66.9 Å². The van der Waals surface area contributed by atoms with Gasteiger partial charge in [0.15, 0.2) is 0 Å². The summed E-state index contributed by atoms with van der Waals surface area (Å²) in [5.74, 6) is -0.867. The molecular formula is C34H27N3O3. The number of nitriles is 1. The van der Waals surface area contributed by atoms with E-state index < -0.39 is 5.97 Å². The zero-order valence-corrected chi connectivity index (χ0v) is 21.9. The van der Waals surface area contributed by atoms with Crippen molar-refractivity contribution in [2.75, 3.05) is 0 Å². The van der Waals surface area contributed by atoms with Crippen molar-refractivity contribution in [3.63, 3.8) is 0 Å². The molecule has 1 aliphatic carbocycles. The molecule has 4 aromatic carbocycles. The van der Waals surface area contributed by atoms with Crippen LogP contribution in [-0.2, 0) is 4.84 Å². The highest BCUT2D eigenvalue weighted by Crippen LogP contribution is 2.34. The summed E-state index contributed by atoms with van der Waals surface area (Å²) in [6, 6.07) is 32.1. The molecule has 196 valence electrons. The lowest BCUT2D eigenvalue weighted by atomic mass is 9.83. The number of aromatic nitrogens is 1. The average molecular weight is 526 g/mol. The summed E-state index contributed by atoms with van der Waals surface area (Å²) >= 11 is 0. The van der Waals surface area contributed by atoms with Crippen LogP contribution in [0, 0.1) is 17.2 Å². The highest BCUT2D eigenvalue weighted by Gasteiger charge is 2.28. The number of hydrogen-bond acceptors (Lipinski definition) is 5. The van der Waals surface area contributed by atoms with Crippen molar-refractivity contribution in [1.82, 2.24) is 4.57 Å². The van der Waals surface area contributed by atoms with Crippen LogP contribution < -0.4 is 0 Å². The molecule has 0 bridgehead atoms. The Balaban J connectivity index is 1.42. The van der Waals surface area contributed by atoms with Crippen molar-refractivity contribution in [2.24, 2.45) is 11.1 Å². The predicted molar refractivity (Wildman–Crippen MR) is 156 cm³/mol. The van der Waals surface area contributed by atoms with Crippen LogP contribution in [0.4, 0.5) is 0 Å². The minimum atomic E-state index is -0.583. The number of fused-ring (bicyclic) bond motifs is 3. The van der Waals surface area contributed by atoms with Crippen LogP contribution >= 0.6 is 0 Å². The molecule has 1 heterocycles. The first-order valence-electron chi connectivity index (χ1n) is 13.6. The summed E-state index contributed by atoms with van der Waals surface area (Å²) in [6.45, 7) is 0. The number of rotatable bonds is 6. The minimum absolute atomic E-state index is 0.0596. The third-order valence-corrected chi connectivity index (χ3v) is 7.63. The normalized spacial score (nSPS) is 14.2. The molecule has 0 amide bonds. The molecule has 6 rings (SSSR count). The Labute approximate surface area is 232 Å². The molecule has 40 heavy (non-hydrogen) atoms. The number of nitrogens with zero attached hydrogens (tertiary/aromatic N) is 3. The van der Waals surface area contributed by atoms with Gasteiger partial charge in [0, 0.05) is 27.9 Å². The van der Waals surface area contributed by atoms with Gasteiger partial charge in [0.1, 0.15) is 5.71 Å². The van der Waals surface area contributed by atoms with E-state index in [0.29, 0.717) is 22.4 Å². The van der Waals surface area contributed by atoms with E-state index in [1.54, 1.807) is 30.3 Å². The third kappa shape index (κ3) is 4.78. The number of ketones is 1. The van der Waals surface area contributed by atoms with E-state index in [1.165, 1.54) is 0 Å². The van der Waals surface area contributed by atoms with Crippen LogP contribution in [0.3, 0.4) is 0 Å². The highest BCUT2D eigenvalue weighted by molar-refractivity contribution is 6.47. The lowest BCUT2D eigenvalue weighted by molar-refractivity contribution is 0.0512. The Bertz CT molecular complexity index is 1810. The summed E-state index contributed by atoms with van der Waals surface area (Å²) < 4.78 is 2.11. The summed E-state index contributed by atoms with van der Waals surface area (Å²) in [6.07, 6.45) is 4.82. The largest absolute Gasteiger partial charge is 0.365 e. The van der Waals surface area contributed by atoms with Crippen molar-refractivity contribution < 1.29 is 14.4 Å². The van der Waals surface area contributed by atoms with Gasteiger partial charge in [0.25, 0.3) is 0 Å². The fourth-order valence-electron chi connectivity index (χ4n) is 5.65. The van der Waals surface area contributed by atoms with Crippen molar-refractivity contribution >= 4 is 39.3 Å².